The summed E-state index contributed by atoms with van der Waals surface area (Å²) < 4.78 is 5.08. The van der Waals surface area contributed by atoms with Gasteiger partial charge in [-0.3, -0.25) is 15.6 Å². The number of hydrazine groups is 1. The van der Waals surface area contributed by atoms with Gasteiger partial charge in [0, 0.05) is 4.88 Å². The number of carbonyl (C=O) groups is 1. The molecule has 1 amide bonds. The quantitative estimate of drug-likeness (QED) is 0.722. The second kappa shape index (κ2) is 5.66. The molecule has 0 saturated carbocycles. The highest BCUT2D eigenvalue weighted by Gasteiger charge is 2.23. The summed E-state index contributed by atoms with van der Waals surface area (Å²) in [4.78, 5) is 23.0. The van der Waals surface area contributed by atoms with Crippen LogP contribution in [0.5, 0.6) is 0 Å². The highest BCUT2D eigenvalue weighted by Crippen LogP contribution is 2.39. The normalized spacial score (nSPS) is 17.0. The van der Waals surface area contributed by atoms with E-state index in [0.29, 0.717) is 11.7 Å². The number of aromatic nitrogens is 2. The van der Waals surface area contributed by atoms with Crippen LogP contribution in [0.4, 0.5) is 5.82 Å². The molecule has 7 heteroatoms. The summed E-state index contributed by atoms with van der Waals surface area (Å²) in [5.41, 5.74) is 6.87. The summed E-state index contributed by atoms with van der Waals surface area (Å²) in [7, 11) is 0. The Hall–Kier alpha value is -2.41. The molecule has 23 heavy (non-hydrogen) atoms. The number of rotatable bonds is 3. The van der Waals surface area contributed by atoms with Crippen molar-refractivity contribution in [1.29, 1.82) is 0 Å². The molecule has 0 spiro atoms. The first-order valence-electron chi connectivity index (χ1n) is 7.57. The second-order valence-corrected chi connectivity index (χ2v) is 6.89. The van der Waals surface area contributed by atoms with E-state index in [4.69, 9.17) is 4.42 Å². The van der Waals surface area contributed by atoms with Crippen LogP contribution in [0, 0.1) is 5.92 Å². The van der Waals surface area contributed by atoms with E-state index in [9.17, 15) is 4.79 Å². The Balaban J connectivity index is 1.64. The van der Waals surface area contributed by atoms with Crippen LogP contribution in [-0.2, 0) is 12.8 Å². The van der Waals surface area contributed by atoms with Crippen molar-refractivity contribution >= 4 is 33.3 Å². The number of nitrogens with zero attached hydrogens (tertiary/aromatic N) is 2. The number of amides is 1. The number of aryl methyl sites for hydroxylation is 1. The zero-order valence-electron chi connectivity index (χ0n) is 12.6. The molecule has 6 nitrogen and oxygen atoms in total. The number of nitrogens with one attached hydrogen (secondary N) is 2. The maximum Gasteiger partial charge on any atom is 0.305 e. The highest BCUT2D eigenvalue weighted by molar-refractivity contribution is 7.19. The SMILES string of the molecule is C[C@@H]1CCc2c(sc3ncnc(NNC(=O)c4ccco4)c23)C1. The van der Waals surface area contributed by atoms with Gasteiger partial charge in [0.25, 0.3) is 0 Å². The molecule has 0 saturated heterocycles. The summed E-state index contributed by atoms with van der Waals surface area (Å²) in [6, 6.07) is 3.29. The third-order valence-corrected chi connectivity index (χ3v) is 5.29. The Bertz CT molecular complexity index is 856. The van der Waals surface area contributed by atoms with E-state index >= 15 is 0 Å². The molecule has 0 radical (unpaired) electrons. The smallest absolute Gasteiger partial charge is 0.305 e. The Morgan fingerprint density at radius 3 is 3.17 bits per heavy atom. The molecule has 0 aromatic carbocycles. The maximum absolute atomic E-state index is 12.0. The summed E-state index contributed by atoms with van der Waals surface area (Å²) in [6.07, 6.45) is 6.29. The molecule has 0 fully saturated rings. The van der Waals surface area contributed by atoms with Crippen molar-refractivity contribution in [2.24, 2.45) is 5.92 Å². The number of anilines is 1. The van der Waals surface area contributed by atoms with Crippen LogP contribution in [0.1, 0.15) is 34.3 Å². The topological polar surface area (TPSA) is 80.0 Å². The van der Waals surface area contributed by atoms with E-state index in [1.807, 2.05) is 0 Å². The van der Waals surface area contributed by atoms with Crippen molar-refractivity contribution in [2.75, 3.05) is 5.43 Å². The zero-order valence-corrected chi connectivity index (χ0v) is 13.4. The Morgan fingerprint density at radius 1 is 1.43 bits per heavy atom. The third kappa shape index (κ3) is 2.57. The lowest BCUT2D eigenvalue weighted by Gasteiger charge is -2.18. The van der Waals surface area contributed by atoms with Crippen LogP contribution in [0.2, 0.25) is 0 Å². The van der Waals surface area contributed by atoms with Crippen LogP contribution in [0.15, 0.2) is 29.1 Å². The number of hydrogen-bond donors (Lipinski definition) is 2. The molecule has 0 bridgehead atoms. The van der Waals surface area contributed by atoms with E-state index < -0.39 is 0 Å². The molecule has 3 heterocycles. The van der Waals surface area contributed by atoms with Gasteiger partial charge in [-0.1, -0.05) is 6.92 Å². The van der Waals surface area contributed by atoms with Crippen LogP contribution >= 0.6 is 11.3 Å². The average molecular weight is 328 g/mol. The van der Waals surface area contributed by atoms with Crippen LogP contribution in [-0.4, -0.2) is 15.9 Å². The van der Waals surface area contributed by atoms with Crippen LogP contribution < -0.4 is 10.9 Å². The Kier molecular flexibility index (Phi) is 3.49. The van der Waals surface area contributed by atoms with Gasteiger partial charge in [0.2, 0.25) is 0 Å². The molecule has 3 aromatic rings. The van der Waals surface area contributed by atoms with E-state index in [1.54, 1.807) is 23.5 Å². The first-order valence-corrected chi connectivity index (χ1v) is 8.39. The van der Waals surface area contributed by atoms with Gasteiger partial charge in [0.15, 0.2) is 11.6 Å². The number of carbonyl (C=O) groups excluding carboxylic acids is 1. The second-order valence-electron chi connectivity index (χ2n) is 5.81. The number of furan rings is 1. The molecule has 2 N–H and O–H groups in total. The van der Waals surface area contributed by atoms with Crippen molar-refractivity contribution in [2.45, 2.75) is 26.2 Å². The number of thiophene rings is 1. The average Bonchev–Trinajstić information content (AvgIpc) is 3.19. The molecule has 118 valence electrons. The molecule has 0 aliphatic heterocycles. The summed E-state index contributed by atoms with van der Waals surface area (Å²) >= 11 is 1.73. The molecule has 0 unspecified atom stereocenters. The molecule has 1 atom stereocenters. The van der Waals surface area contributed by atoms with Crippen LogP contribution in [0.3, 0.4) is 0 Å². The predicted octanol–water partition coefficient (Wildman–Crippen LogP) is 3.17. The molecule has 1 aliphatic rings. The molecule has 3 aromatic heterocycles. The van der Waals surface area contributed by atoms with Gasteiger partial charge < -0.3 is 4.42 Å². The fourth-order valence-corrected chi connectivity index (χ4v) is 4.31. The van der Waals surface area contributed by atoms with Gasteiger partial charge in [-0.05, 0) is 42.9 Å². The minimum absolute atomic E-state index is 0.254. The van der Waals surface area contributed by atoms with Crippen molar-refractivity contribution < 1.29 is 9.21 Å². The Labute approximate surface area is 136 Å². The minimum Gasteiger partial charge on any atom is -0.459 e. The standard InChI is InChI=1S/C16H16N4O2S/c1-9-4-5-10-12(7-9)23-16-13(10)14(17-8-18-16)19-20-15(21)11-3-2-6-22-11/h2-3,6,8-9H,4-5,7H2,1H3,(H,20,21)(H,17,18,19)/t9-/m1/s1. The first kappa shape index (κ1) is 14.2. The fraction of sp³-hybridized carbons (Fsp3) is 0.312. The van der Waals surface area contributed by atoms with Gasteiger partial charge in [-0.15, -0.1) is 11.3 Å². The minimum atomic E-state index is -0.334. The lowest BCUT2D eigenvalue weighted by Crippen LogP contribution is -2.29. The Morgan fingerprint density at radius 2 is 2.35 bits per heavy atom. The van der Waals surface area contributed by atoms with Crippen molar-refractivity contribution in [3.63, 3.8) is 0 Å². The maximum atomic E-state index is 12.0. The summed E-state index contributed by atoms with van der Waals surface area (Å²) in [5.74, 6) is 1.27. The van der Waals surface area contributed by atoms with E-state index in [-0.39, 0.29) is 11.7 Å². The third-order valence-electron chi connectivity index (χ3n) is 4.13. The first-order chi connectivity index (χ1) is 11.2. The van der Waals surface area contributed by atoms with Crippen molar-refractivity contribution in [1.82, 2.24) is 15.4 Å². The number of hydrogen-bond acceptors (Lipinski definition) is 6. The van der Waals surface area contributed by atoms with Gasteiger partial charge in [0.1, 0.15) is 11.2 Å². The lowest BCUT2D eigenvalue weighted by molar-refractivity contribution is 0.0935. The monoisotopic (exact) mass is 328 g/mol. The molecule has 4 rings (SSSR count). The lowest BCUT2D eigenvalue weighted by atomic mass is 9.89. The van der Waals surface area contributed by atoms with Gasteiger partial charge in [0.05, 0.1) is 11.6 Å². The molecular weight excluding hydrogens is 312 g/mol. The summed E-state index contributed by atoms with van der Waals surface area (Å²) in [5, 5.41) is 1.03. The molecule has 1 aliphatic carbocycles. The van der Waals surface area contributed by atoms with E-state index in [0.717, 1.165) is 23.1 Å². The highest BCUT2D eigenvalue weighted by atomic mass is 32.1. The van der Waals surface area contributed by atoms with Crippen LogP contribution in [0.25, 0.3) is 10.2 Å². The number of fused-ring (bicyclic) bond motifs is 3. The molecular formula is C16H16N4O2S. The van der Waals surface area contributed by atoms with E-state index in [1.165, 1.54) is 29.5 Å². The van der Waals surface area contributed by atoms with Gasteiger partial charge in [-0.25, -0.2) is 9.97 Å². The van der Waals surface area contributed by atoms with Gasteiger partial charge in [-0.2, -0.15) is 0 Å². The largest absolute Gasteiger partial charge is 0.459 e. The predicted molar refractivity (Wildman–Crippen MR) is 88.4 cm³/mol. The van der Waals surface area contributed by atoms with Crippen molar-refractivity contribution in [3.05, 3.63) is 40.9 Å². The van der Waals surface area contributed by atoms with Gasteiger partial charge >= 0.3 is 5.91 Å². The fourth-order valence-electron chi connectivity index (χ4n) is 2.96. The summed E-state index contributed by atoms with van der Waals surface area (Å²) in [6.45, 7) is 2.28. The zero-order chi connectivity index (χ0) is 15.8. The van der Waals surface area contributed by atoms with E-state index in [2.05, 4.69) is 27.7 Å². The van der Waals surface area contributed by atoms with Crippen molar-refractivity contribution in [3.8, 4) is 0 Å².